The van der Waals surface area contributed by atoms with E-state index in [1.807, 2.05) is 0 Å². The van der Waals surface area contributed by atoms with Gasteiger partial charge in [0.15, 0.2) is 0 Å². The molecule has 0 aromatic rings. The molecule has 14 heavy (non-hydrogen) atoms. The van der Waals surface area contributed by atoms with E-state index in [0.29, 0.717) is 6.42 Å². The number of nitrogens with two attached hydrogens (primary N) is 1. The van der Waals surface area contributed by atoms with Crippen molar-refractivity contribution in [3.05, 3.63) is 0 Å². The predicted molar refractivity (Wildman–Crippen MR) is 57.0 cm³/mol. The monoisotopic (exact) mass is 199 g/mol. The van der Waals surface area contributed by atoms with Crippen LogP contribution in [0, 0.1) is 0 Å². The van der Waals surface area contributed by atoms with E-state index < -0.39 is 0 Å². The van der Waals surface area contributed by atoms with Crippen LogP contribution in [0.1, 0.15) is 19.8 Å². The van der Waals surface area contributed by atoms with Gasteiger partial charge in [0.1, 0.15) is 0 Å². The van der Waals surface area contributed by atoms with Gasteiger partial charge in [0, 0.05) is 32.6 Å². The molecule has 1 saturated heterocycles. The Bertz CT molecular complexity index is 176. The number of primary amides is 1. The second-order valence-electron chi connectivity index (χ2n) is 3.85. The zero-order valence-electron chi connectivity index (χ0n) is 9.04. The van der Waals surface area contributed by atoms with Crippen LogP contribution >= 0.6 is 0 Å². The van der Waals surface area contributed by atoms with Crippen molar-refractivity contribution in [1.82, 2.24) is 9.80 Å². The highest BCUT2D eigenvalue weighted by molar-refractivity contribution is 5.73. The molecule has 0 aliphatic carbocycles. The van der Waals surface area contributed by atoms with Gasteiger partial charge in [0.05, 0.1) is 0 Å². The molecule has 4 nitrogen and oxygen atoms in total. The second-order valence-corrected chi connectivity index (χ2v) is 3.85. The summed E-state index contributed by atoms with van der Waals surface area (Å²) in [5.41, 5.74) is 5.09. The molecular formula is C10H21N3O. The zero-order valence-corrected chi connectivity index (χ0v) is 9.04. The van der Waals surface area contributed by atoms with Crippen LogP contribution in [0.3, 0.4) is 0 Å². The Morgan fingerprint density at radius 3 is 2.29 bits per heavy atom. The molecule has 0 aromatic heterocycles. The standard InChI is InChI=1S/C10H21N3O/c1-2-12-6-8-13(9-7-12)5-3-4-10(11)14/h2-9H2,1H3,(H2,11,14). The van der Waals surface area contributed by atoms with E-state index >= 15 is 0 Å². The molecule has 4 heteroatoms. The van der Waals surface area contributed by atoms with Crippen LogP contribution in [0.5, 0.6) is 0 Å². The number of likely N-dealkylation sites (N-methyl/N-ethyl adjacent to an activating group) is 1. The maximum atomic E-state index is 10.5. The molecule has 82 valence electrons. The average Bonchev–Trinajstić information content (AvgIpc) is 2.18. The van der Waals surface area contributed by atoms with Crippen molar-refractivity contribution in [2.45, 2.75) is 19.8 Å². The maximum Gasteiger partial charge on any atom is 0.217 e. The van der Waals surface area contributed by atoms with E-state index in [1.54, 1.807) is 0 Å². The van der Waals surface area contributed by atoms with Gasteiger partial charge in [0.25, 0.3) is 0 Å². The van der Waals surface area contributed by atoms with Crippen molar-refractivity contribution in [1.29, 1.82) is 0 Å². The summed E-state index contributed by atoms with van der Waals surface area (Å²) in [6.07, 6.45) is 1.43. The number of carbonyl (C=O) groups is 1. The molecule has 1 rings (SSSR count). The fourth-order valence-corrected chi connectivity index (χ4v) is 1.81. The molecule has 2 N–H and O–H groups in total. The van der Waals surface area contributed by atoms with Crippen molar-refractivity contribution in [3.63, 3.8) is 0 Å². The first-order valence-electron chi connectivity index (χ1n) is 5.45. The third-order valence-corrected chi connectivity index (χ3v) is 2.81. The number of amides is 1. The van der Waals surface area contributed by atoms with E-state index in [9.17, 15) is 4.79 Å². The first-order valence-corrected chi connectivity index (χ1v) is 5.45. The fourth-order valence-electron chi connectivity index (χ4n) is 1.81. The largest absolute Gasteiger partial charge is 0.370 e. The Morgan fingerprint density at radius 2 is 1.79 bits per heavy atom. The Hall–Kier alpha value is -0.610. The fraction of sp³-hybridized carbons (Fsp3) is 0.900. The third kappa shape index (κ3) is 4.07. The Balaban J connectivity index is 2.07. The molecular weight excluding hydrogens is 178 g/mol. The second kappa shape index (κ2) is 5.98. The lowest BCUT2D eigenvalue weighted by molar-refractivity contribution is -0.118. The van der Waals surface area contributed by atoms with Gasteiger partial charge in [-0.15, -0.1) is 0 Å². The highest BCUT2D eigenvalue weighted by Crippen LogP contribution is 2.02. The van der Waals surface area contributed by atoms with Crippen molar-refractivity contribution in [2.75, 3.05) is 39.3 Å². The third-order valence-electron chi connectivity index (χ3n) is 2.81. The SMILES string of the molecule is CCN1CCN(CCCC(N)=O)CC1. The molecule has 1 aliphatic rings. The van der Waals surface area contributed by atoms with E-state index in [1.165, 1.54) is 0 Å². The minimum Gasteiger partial charge on any atom is -0.370 e. The van der Waals surface area contributed by atoms with Gasteiger partial charge in [-0.2, -0.15) is 0 Å². The molecule has 1 aliphatic heterocycles. The maximum absolute atomic E-state index is 10.5. The van der Waals surface area contributed by atoms with Crippen molar-refractivity contribution >= 4 is 5.91 Å². The number of hydrogen-bond acceptors (Lipinski definition) is 3. The molecule has 1 heterocycles. The Morgan fingerprint density at radius 1 is 1.21 bits per heavy atom. The first-order chi connectivity index (χ1) is 6.72. The molecule has 0 radical (unpaired) electrons. The smallest absolute Gasteiger partial charge is 0.217 e. The summed E-state index contributed by atoms with van der Waals surface area (Å²) >= 11 is 0. The van der Waals surface area contributed by atoms with Gasteiger partial charge in [-0.3, -0.25) is 4.79 Å². The van der Waals surface area contributed by atoms with Crippen LogP contribution in [0.4, 0.5) is 0 Å². The lowest BCUT2D eigenvalue weighted by atomic mass is 10.2. The number of carbonyl (C=O) groups excluding carboxylic acids is 1. The predicted octanol–water partition coefficient (Wildman–Crippen LogP) is -0.111. The molecule has 0 aromatic carbocycles. The molecule has 0 atom stereocenters. The van der Waals surface area contributed by atoms with Crippen LogP contribution in [0.15, 0.2) is 0 Å². The number of piperazine rings is 1. The summed E-state index contributed by atoms with van der Waals surface area (Å²) in [6, 6.07) is 0. The van der Waals surface area contributed by atoms with Gasteiger partial charge in [0.2, 0.25) is 5.91 Å². The Labute approximate surface area is 86.0 Å². The van der Waals surface area contributed by atoms with Crippen LogP contribution < -0.4 is 5.73 Å². The molecule has 0 bridgehead atoms. The minimum atomic E-state index is -0.183. The lowest BCUT2D eigenvalue weighted by Crippen LogP contribution is -2.46. The van der Waals surface area contributed by atoms with Crippen LogP contribution in [0.2, 0.25) is 0 Å². The van der Waals surface area contributed by atoms with Gasteiger partial charge in [-0.1, -0.05) is 6.92 Å². The highest BCUT2D eigenvalue weighted by atomic mass is 16.1. The van der Waals surface area contributed by atoms with Crippen LogP contribution in [-0.4, -0.2) is 55.0 Å². The van der Waals surface area contributed by atoms with E-state index in [2.05, 4.69) is 16.7 Å². The average molecular weight is 199 g/mol. The number of rotatable bonds is 5. The van der Waals surface area contributed by atoms with Gasteiger partial charge in [-0.25, -0.2) is 0 Å². The summed E-state index contributed by atoms with van der Waals surface area (Å²) in [5, 5.41) is 0. The normalized spacial score (nSPS) is 19.8. The molecule has 0 spiro atoms. The number of hydrogen-bond donors (Lipinski definition) is 1. The lowest BCUT2D eigenvalue weighted by Gasteiger charge is -2.33. The van der Waals surface area contributed by atoms with Crippen molar-refractivity contribution < 1.29 is 4.79 Å². The van der Waals surface area contributed by atoms with Gasteiger partial charge >= 0.3 is 0 Å². The van der Waals surface area contributed by atoms with Crippen molar-refractivity contribution in [2.24, 2.45) is 5.73 Å². The summed E-state index contributed by atoms with van der Waals surface area (Å²) in [5.74, 6) is -0.183. The molecule has 1 fully saturated rings. The highest BCUT2D eigenvalue weighted by Gasteiger charge is 2.14. The van der Waals surface area contributed by atoms with Crippen LogP contribution in [-0.2, 0) is 4.79 Å². The van der Waals surface area contributed by atoms with Gasteiger partial charge < -0.3 is 15.5 Å². The van der Waals surface area contributed by atoms with Crippen LogP contribution in [0.25, 0.3) is 0 Å². The molecule has 0 unspecified atom stereocenters. The first kappa shape index (κ1) is 11.5. The number of nitrogens with zero attached hydrogens (tertiary/aromatic N) is 2. The summed E-state index contributed by atoms with van der Waals surface area (Å²) in [6.45, 7) is 8.94. The van der Waals surface area contributed by atoms with Gasteiger partial charge in [-0.05, 0) is 19.5 Å². The van der Waals surface area contributed by atoms with E-state index in [-0.39, 0.29) is 5.91 Å². The summed E-state index contributed by atoms with van der Waals surface area (Å²) in [4.78, 5) is 15.4. The summed E-state index contributed by atoms with van der Waals surface area (Å²) < 4.78 is 0. The van der Waals surface area contributed by atoms with E-state index in [0.717, 1.165) is 45.7 Å². The molecule has 0 saturated carbocycles. The summed E-state index contributed by atoms with van der Waals surface area (Å²) in [7, 11) is 0. The van der Waals surface area contributed by atoms with Crippen molar-refractivity contribution in [3.8, 4) is 0 Å². The topological polar surface area (TPSA) is 49.6 Å². The van der Waals surface area contributed by atoms with E-state index in [4.69, 9.17) is 5.73 Å². The minimum absolute atomic E-state index is 0.183. The zero-order chi connectivity index (χ0) is 10.4. The molecule has 1 amide bonds. The Kier molecular flexibility index (Phi) is 4.90. The quantitative estimate of drug-likeness (QED) is 0.672.